The fourth-order valence-corrected chi connectivity index (χ4v) is 1.80. The van der Waals surface area contributed by atoms with Crippen LogP contribution in [0.4, 0.5) is 11.5 Å². The Morgan fingerprint density at radius 2 is 2.00 bits per heavy atom. The summed E-state index contributed by atoms with van der Waals surface area (Å²) in [5.74, 6) is 0.714. The van der Waals surface area contributed by atoms with Gasteiger partial charge in [-0.25, -0.2) is 4.98 Å². The summed E-state index contributed by atoms with van der Waals surface area (Å²) >= 11 is 11.9. The van der Waals surface area contributed by atoms with Crippen LogP contribution in [0, 0.1) is 0 Å². The topological polar surface area (TPSA) is 50.9 Å². The smallest absolute Gasteiger partial charge is 0.130 e. The molecule has 2 aromatic rings. The predicted octanol–water partition coefficient (Wildman–Crippen LogP) is 3.59. The number of nitrogens with zero attached hydrogens (tertiary/aromatic N) is 1. The third-order valence-electron chi connectivity index (χ3n) is 2.25. The molecule has 0 fully saturated rings. The lowest BCUT2D eigenvalue weighted by Gasteiger charge is -2.08. The van der Waals surface area contributed by atoms with E-state index in [1.54, 1.807) is 18.3 Å². The number of nitrogens with one attached hydrogen (secondary N) is 1. The summed E-state index contributed by atoms with van der Waals surface area (Å²) in [5.41, 5.74) is 7.25. The molecule has 5 heteroatoms. The summed E-state index contributed by atoms with van der Waals surface area (Å²) < 4.78 is 0. The molecule has 0 amide bonds. The molecule has 0 bridgehead atoms. The second kappa shape index (κ2) is 5.36. The van der Waals surface area contributed by atoms with Crippen LogP contribution in [0.15, 0.2) is 36.5 Å². The third-order valence-corrected chi connectivity index (χ3v) is 2.80. The molecule has 3 nitrogen and oxygen atoms in total. The predicted molar refractivity (Wildman–Crippen MR) is 71.9 cm³/mol. The molecule has 1 heterocycles. The van der Waals surface area contributed by atoms with Crippen molar-refractivity contribution in [1.82, 2.24) is 4.98 Å². The minimum Gasteiger partial charge on any atom is -0.339 e. The first kappa shape index (κ1) is 12.2. The van der Waals surface area contributed by atoms with Crippen molar-refractivity contribution >= 4 is 34.7 Å². The number of benzene rings is 1. The minimum atomic E-state index is 0.481. The molecule has 0 aliphatic rings. The first-order valence-electron chi connectivity index (χ1n) is 5.06. The Balaban J connectivity index is 2.19. The van der Waals surface area contributed by atoms with Gasteiger partial charge in [0.1, 0.15) is 5.82 Å². The van der Waals surface area contributed by atoms with Gasteiger partial charge in [0, 0.05) is 17.8 Å². The van der Waals surface area contributed by atoms with E-state index in [0.29, 0.717) is 22.4 Å². The number of hydrogen-bond donors (Lipinski definition) is 2. The largest absolute Gasteiger partial charge is 0.339 e. The molecule has 3 N–H and O–H groups in total. The van der Waals surface area contributed by atoms with Gasteiger partial charge in [-0.1, -0.05) is 29.3 Å². The molecule has 1 aromatic carbocycles. The van der Waals surface area contributed by atoms with E-state index >= 15 is 0 Å². The highest BCUT2D eigenvalue weighted by Crippen LogP contribution is 2.27. The highest BCUT2D eigenvalue weighted by Gasteiger charge is 2.02. The van der Waals surface area contributed by atoms with Crippen LogP contribution in [-0.4, -0.2) is 4.98 Å². The molecular formula is C12H11Cl2N3. The molecule has 1 aromatic heterocycles. The maximum atomic E-state index is 6.04. The highest BCUT2D eigenvalue weighted by atomic mass is 35.5. The lowest BCUT2D eigenvalue weighted by molar-refractivity contribution is 1.05. The van der Waals surface area contributed by atoms with Crippen molar-refractivity contribution in [2.45, 2.75) is 6.54 Å². The zero-order chi connectivity index (χ0) is 12.3. The highest BCUT2D eigenvalue weighted by molar-refractivity contribution is 6.36. The van der Waals surface area contributed by atoms with Crippen molar-refractivity contribution in [3.05, 3.63) is 52.1 Å². The molecule has 0 aliphatic heterocycles. The van der Waals surface area contributed by atoms with E-state index in [2.05, 4.69) is 10.3 Å². The van der Waals surface area contributed by atoms with Crippen LogP contribution < -0.4 is 11.1 Å². The lowest BCUT2D eigenvalue weighted by atomic mass is 10.3. The summed E-state index contributed by atoms with van der Waals surface area (Å²) in [6.07, 6.45) is 1.73. The molecule has 0 saturated carbocycles. The number of halogens is 2. The van der Waals surface area contributed by atoms with Crippen LogP contribution in [0.2, 0.25) is 10.0 Å². The van der Waals surface area contributed by atoms with Crippen LogP contribution in [0.25, 0.3) is 0 Å². The van der Waals surface area contributed by atoms with Gasteiger partial charge in [-0.3, -0.25) is 0 Å². The van der Waals surface area contributed by atoms with E-state index in [1.165, 1.54) is 0 Å². The van der Waals surface area contributed by atoms with E-state index < -0.39 is 0 Å². The molecule has 88 valence electrons. The standard InChI is InChI=1S/C12H11Cl2N3/c13-9-2-3-11(10(14)5-9)17-12-4-1-8(6-15)7-16-12/h1-5,7H,6,15H2,(H,16,17). The monoisotopic (exact) mass is 267 g/mol. The second-order valence-corrected chi connectivity index (χ2v) is 4.35. The van der Waals surface area contributed by atoms with Crippen molar-refractivity contribution in [3.63, 3.8) is 0 Å². The maximum absolute atomic E-state index is 6.04. The van der Waals surface area contributed by atoms with Gasteiger partial charge >= 0.3 is 0 Å². The normalized spacial score (nSPS) is 10.3. The molecule has 0 radical (unpaired) electrons. The zero-order valence-electron chi connectivity index (χ0n) is 8.95. The van der Waals surface area contributed by atoms with Gasteiger partial charge in [0.15, 0.2) is 0 Å². The van der Waals surface area contributed by atoms with E-state index in [4.69, 9.17) is 28.9 Å². The van der Waals surface area contributed by atoms with Crippen LogP contribution in [0.5, 0.6) is 0 Å². The Bertz CT molecular complexity index is 512. The van der Waals surface area contributed by atoms with Crippen LogP contribution in [0.1, 0.15) is 5.56 Å². The summed E-state index contributed by atoms with van der Waals surface area (Å²) in [6, 6.07) is 9.03. The Hall–Kier alpha value is -1.29. The van der Waals surface area contributed by atoms with E-state index in [0.717, 1.165) is 11.3 Å². The van der Waals surface area contributed by atoms with Crippen LogP contribution in [-0.2, 0) is 6.54 Å². The van der Waals surface area contributed by atoms with Crippen molar-refractivity contribution in [2.24, 2.45) is 5.73 Å². The molecule has 0 atom stereocenters. The van der Waals surface area contributed by atoms with Gasteiger partial charge < -0.3 is 11.1 Å². The van der Waals surface area contributed by atoms with Crippen molar-refractivity contribution in [3.8, 4) is 0 Å². The average Bonchev–Trinajstić information content (AvgIpc) is 2.34. The Morgan fingerprint density at radius 3 is 2.59 bits per heavy atom. The summed E-state index contributed by atoms with van der Waals surface area (Å²) in [5, 5.41) is 4.27. The Labute approximate surface area is 110 Å². The van der Waals surface area contributed by atoms with E-state index in [1.807, 2.05) is 18.2 Å². The average molecular weight is 268 g/mol. The zero-order valence-corrected chi connectivity index (χ0v) is 10.5. The SMILES string of the molecule is NCc1ccc(Nc2ccc(Cl)cc2Cl)nc1. The minimum absolute atomic E-state index is 0.481. The van der Waals surface area contributed by atoms with Crippen LogP contribution in [0.3, 0.4) is 0 Å². The van der Waals surface area contributed by atoms with Crippen molar-refractivity contribution in [1.29, 1.82) is 0 Å². The van der Waals surface area contributed by atoms with Gasteiger partial charge in [0.05, 0.1) is 10.7 Å². The molecule has 0 unspecified atom stereocenters. The quantitative estimate of drug-likeness (QED) is 0.894. The van der Waals surface area contributed by atoms with Crippen molar-refractivity contribution in [2.75, 3.05) is 5.32 Å². The first-order valence-corrected chi connectivity index (χ1v) is 5.81. The van der Waals surface area contributed by atoms with E-state index in [-0.39, 0.29) is 0 Å². The molecule has 0 spiro atoms. The van der Waals surface area contributed by atoms with E-state index in [9.17, 15) is 0 Å². The second-order valence-electron chi connectivity index (χ2n) is 3.50. The molecular weight excluding hydrogens is 257 g/mol. The van der Waals surface area contributed by atoms with Gasteiger partial charge in [0.2, 0.25) is 0 Å². The molecule has 2 rings (SSSR count). The Morgan fingerprint density at radius 1 is 1.18 bits per heavy atom. The molecule has 0 aliphatic carbocycles. The Kier molecular flexibility index (Phi) is 3.84. The van der Waals surface area contributed by atoms with Gasteiger partial charge in [-0.05, 0) is 29.8 Å². The number of hydrogen-bond acceptors (Lipinski definition) is 3. The van der Waals surface area contributed by atoms with Gasteiger partial charge in [0.25, 0.3) is 0 Å². The summed E-state index contributed by atoms with van der Waals surface area (Å²) in [4.78, 5) is 4.23. The molecule has 17 heavy (non-hydrogen) atoms. The number of anilines is 2. The number of rotatable bonds is 3. The van der Waals surface area contributed by atoms with Gasteiger partial charge in [-0.15, -0.1) is 0 Å². The number of nitrogens with two attached hydrogens (primary N) is 1. The maximum Gasteiger partial charge on any atom is 0.130 e. The fourth-order valence-electron chi connectivity index (χ4n) is 1.35. The summed E-state index contributed by atoms with van der Waals surface area (Å²) in [6.45, 7) is 0.481. The summed E-state index contributed by atoms with van der Waals surface area (Å²) in [7, 11) is 0. The third kappa shape index (κ3) is 3.09. The van der Waals surface area contributed by atoms with Gasteiger partial charge in [-0.2, -0.15) is 0 Å². The number of aromatic nitrogens is 1. The van der Waals surface area contributed by atoms with Crippen molar-refractivity contribution < 1.29 is 0 Å². The fraction of sp³-hybridized carbons (Fsp3) is 0.0833. The van der Waals surface area contributed by atoms with Crippen LogP contribution >= 0.6 is 23.2 Å². The lowest BCUT2D eigenvalue weighted by Crippen LogP contribution is -1.99. The molecule has 0 saturated heterocycles. The first-order chi connectivity index (χ1) is 8.19. The number of pyridine rings is 1.